The summed E-state index contributed by atoms with van der Waals surface area (Å²) in [5, 5.41) is 0.432. The maximum Gasteiger partial charge on any atom is 0.252 e. The summed E-state index contributed by atoms with van der Waals surface area (Å²) in [6.07, 6.45) is 0.109. The molecule has 2 aromatic carbocycles. The first kappa shape index (κ1) is 23.6. The van der Waals surface area contributed by atoms with E-state index >= 15 is 0 Å². The SMILES string of the molecule is COc1ccc(CC(=O)N=C2S[C@@H]3CS(=O)(=O)C[C@H]3N2c2ccccc2C(C)C)cc1OC. The number of carbonyl (C=O) groups is 1. The van der Waals surface area contributed by atoms with Crippen LogP contribution in [0.2, 0.25) is 0 Å². The fourth-order valence-corrected chi connectivity index (χ4v) is 8.28. The topological polar surface area (TPSA) is 85.3 Å². The summed E-state index contributed by atoms with van der Waals surface area (Å²) in [7, 11) is -0.00906. The third kappa shape index (κ3) is 4.89. The lowest BCUT2D eigenvalue weighted by Crippen LogP contribution is -2.38. The van der Waals surface area contributed by atoms with E-state index in [0.717, 1.165) is 16.8 Å². The Morgan fingerprint density at radius 1 is 1.12 bits per heavy atom. The van der Waals surface area contributed by atoms with Crippen LogP contribution in [0.1, 0.15) is 30.9 Å². The zero-order valence-electron chi connectivity index (χ0n) is 19.1. The third-order valence-electron chi connectivity index (χ3n) is 5.91. The predicted octanol–water partition coefficient (Wildman–Crippen LogP) is 3.67. The molecule has 0 N–H and O–H groups in total. The average molecular weight is 489 g/mol. The fourth-order valence-electron chi connectivity index (χ4n) is 4.35. The number of ether oxygens (including phenoxy) is 2. The molecule has 0 unspecified atom stereocenters. The van der Waals surface area contributed by atoms with E-state index in [0.29, 0.717) is 16.7 Å². The Balaban J connectivity index is 1.66. The molecule has 2 atom stereocenters. The number of hydrogen-bond donors (Lipinski definition) is 0. The molecule has 0 saturated carbocycles. The predicted molar refractivity (Wildman–Crippen MR) is 133 cm³/mol. The number of para-hydroxylation sites is 1. The molecule has 2 fully saturated rings. The van der Waals surface area contributed by atoms with Crippen molar-refractivity contribution in [2.24, 2.45) is 4.99 Å². The quantitative estimate of drug-likeness (QED) is 0.613. The zero-order chi connectivity index (χ0) is 23.8. The second kappa shape index (κ2) is 9.38. The van der Waals surface area contributed by atoms with Gasteiger partial charge in [0.05, 0.1) is 38.2 Å². The molecule has 33 heavy (non-hydrogen) atoms. The highest BCUT2D eigenvalue weighted by atomic mass is 32.2. The minimum atomic E-state index is -3.12. The Morgan fingerprint density at radius 3 is 2.55 bits per heavy atom. The monoisotopic (exact) mass is 488 g/mol. The Kier molecular flexibility index (Phi) is 6.72. The first-order valence-corrected chi connectivity index (χ1v) is 13.5. The Labute approximate surface area is 199 Å². The van der Waals surface area contributed by atoms with E-state index in [1.807, 2.05) is 35.2 Å². The number of fused-ring (bicyclic) bond motifs is 1. The van der Waals surface area contributed by atoms with Crippen molar-refractivity contribution in [3.8, 4) is 11.5 Å². The van der Waals surface area contributed by atoms with E-state index in [4.69, 9.17) is 9.47 Å². The molecule has 0 radical (unpaired) electrons. The highest BCUT2D eigenvalue weighted by molar-refractivity contribution is 8.16. The molecule has 7 nitrogen and oxygen atoms in total. The number of anilines is 1. The largest absolute Gasteiger partial charge is 0.493 e. The van der Waals surface area contributed by atoms with E-state index in [9.17, 15) is 13.2 Å². The molecule has 176 valence electrons. The van der Waals surface area contributed by atoms with Crippen molar-refractivity contribution in [1.29, 1.82) is 0 Å². The molecule has 1 amide bonds. The molecule has 4 rings (SSSR count). The number of rotatable bonds is 6. The van der Waals surface area contributed by atoms with Gasteiger partial charge in [-0.05, 0) is 35.2 Å². The van der Waals surface area contributed by atoms with Crippen LogP contribution in [-0.4, -0.2) is 56.5 Å². The van der Waals surface area contributed by atoms with Crippen LogP contribution < -0.4 is 14.4 Å². The van der Waals surface area contributed by atoms with Gasteiger partial charge in [0.25, 0.3) is 5.91 Å². The van der Waals surface area contributed by atoms with Gasteiger partial charge >= 0.3 is 0 Å². The van der Waals surface area contributed by atoms with E-state index in [1.54, 1.807) is 26.4 Å². The van der Waals surface area contributed by atoms with E-state index in [2.05, 4.69) is 18.8 Å². The molecule has 2 aliphatic rings. The van der Waals surface area contributed by atoms with Crippen LogP contribution in [0.5, 0.6) is 11.5 Å². The van der Waals surface area contributed by atoms with Crippen molar-refractivity contribution in [1.82, 2.24) is 0 Å². The Hall–Kier alpha value is -2.52. The number of amides is 1. The van der Waals surface area contributed by atoms with Gasteiger partial charge in [0.2, 0.25) is 0 Å². The van der Waals surface area contributed by atoms with Crippen molar-refractivity contribution in [3.05, 3.63) is 53.6 Å². The minimum Gasteiger partial charge on any atom is -0.493 e. The summed E-state index contributed by atoms with van der Waals surface area (Å²) in [5.41, 5.74) is 2.78. The van der Waals surface area contributed by atoms with E-state index in [1.165, 1.54) is 11.8 Å². The van der Waals surface area contributed by atoms with Crippen molar-refractivity contribution in [2.45, 2.75) is 37.5 Å². The number of carbonyl (C=O) groups excluding carboxylic acids is 1. The van der Waals surface area contributed by atoms with Crippen molar-refractivity contribution >= 4 is 38.4 Å². The lowest BCUT2D eigenvalue weighted by molar-refractivity contribution is -0.117. The zero-order valence-corrected chi connectivity index (χ0v) is 20.8. The van der Waals surface area contributed by atoms with Crippen LogP contribution in [0.4, 0.5) is 5.69 Å². The van der Waals surface area contributed by atoms with Gasteiger partial charge in [-0.2, -0.15) is 4.99 Å². The standard InChI is InChI=1S/C24H28N2O5S2/c1-15(2)17-7-5-6-8-18(17)26-19-13-33(28,29)14-22(19)32-24(26)25-23(27)12-16-9-10-20(30-3)21(11-16)31-4/h5-11,15,19,22H,12-14H2,1-4H3/t19-,22-/m1/s1. The Bertz CT molecular complexity index is 1190. The van der Waals surface area contributed by atoms with Gasteiger partial charge in [0.1, 0.15) is 0 Å². The van der Waals surface area contributed by atoms with Crippen LogP contribution in [0.3, 0.4) is 0 Å². The summed E-state index contributed by atoms with van der Waals surface area (Å²) < 4.78 is 35.3. The lowest BCUT2D eigenvalue weighted by Gasteiger charge is -2.28. The maximum absolute atomic E-state index is 12.9. The first-order chi connectivity index (χ1) is 15.7. The number of sulfone groups is 1. The summed E-state index contributed by atoms with van der Waals surface area (Å²) in [4.78, 5) is 19.4. The normalized spacial score (nSPS) is 22.6. The highest BCUT2D eigenvalue weighted by Gasteiger charge is 2.49. The number of benzene rings is 2. The molecular weight excluding hydrogens is 460 g/mol. The molecule has 2 aliphatic heterocycles. The van der Waals surface area contributed by atoms with Gasteiger partial charge in [0, 0.05) is 10.9 Å². The van der Waals surface area contributed by atoms with Gasteiger partial charge in [-0.3, -0.25) is 4.79 Å². The molecule has 2 saturated heterocycles. The second-order valence-electron chi connectivity index (χ2n) is 8.54. The molecule has 9 heteroatoms. The molecule has 0 aromatic heterocycles. The summed E-state index contributed by atoms with van der Waals surface area (Å²) in [5.74, 6) is 1.27. The molecule has 0 spiro atoms. The fraction of sp³-hybridized carbons (Fsp3) is 0.417. The number of aliphatic imine (C=N–C) groups is 1. The smallest absolute Gasteiger partial charge is 0.252 e. The van der Waals surface area contributed by atoms with E-state index < -0.39 is 9.84 Å². The molecule has 2 heterocycles. The molecule has 2 aromatic rings. The third-order valence-corrected chi connectivity index (χ3v) is 9.12. The van der Waals surface area contributed by atoms with Gasteiger partial charge in [-0.15, -0.1) is 0 Å². The van der Waals surface area contributed by atoms with Crippen LogP contribution in [0.15, 0.2) is 47.5 Å². The van der Waals surface area contributed by atoms with Gasteiger partial charge < -0.3 is 14.4 Å². The van der Waals surface area contributed by atoms with Crippen LogP contribution >= 0.6 is 11.8 Å². The molecular formula is C24H28N2O5S2. The summed E-state index contributed by atoms with van der Waals surface area (Å²) >= 11 is 1.39. The van der Waals surface area contributed by atoms with Crippen LogP contribution in [-0.2, 0) is 21.1 Å². The van der Waals surface area contributed by atoms with Crippen LogP contribution in [0, 0.1) is 0 Å². The van der Waals surface area contributed by atoms with Gasteiger partial charge in [-0.25, -0.2) is 8.42 Å². The number of amidine groups is 1. The Morgan fingerprint density at radius 2 is 1.85 bits per heavy atom. The first-order valence-electron chi connectivity index (χ1n) is 10.8. The molecule has 0 bridgehead atoms. The second-order valence-corrected chi connectivity index (χ2v) is 11.9. The maximum atomic E-state index is 12.9. The number of methoxy groups -OCH3 is 2. The number of thioether (sulfide) groups is 1. The number of hydrogen-bond acceptors (Lipinski definition) is 6. The van der Waals surface area contributed by atoms with Crippen molar-refractivity contribution in [3.63, 3.8) is 0 Å². The number of nitrogens with zero attached hydrogens (tertiary/aromatic N) is 2. The van der Waals surface area contributed by atoms with Crippen LogP contribution in [0.25, 0.3) is 0 Å². The molecule has 0 aliphatic carbocycles. The van der Waals surface area contributed by atoms with Gasteiger partial charge in [-0.1, -0.05) is 49.9 Å². The van der Waals surface area contributed by atoms with Gasteiger partial charge in [0.15, 0.2) is 26.5 Å². The van der Waals surface area contributed by atoms with Crippen molar-refractivity contribution < 1.29 is 22.7 Å². The summed E-state index contributed by atoms with van der Waals surface area (Å²) in [6.45, 7) is 4.20. The lowest BCUT2D eigenvalue weighted by atomic mass is 9.99. The van der Waals surface area contributed by atoms with Crippen molar-refractivity contribution in [2.75, 3.05) is 30.6 Å². The summed E-state index contributed by atoms with van der Waals surface area (Å²) in [6, 6.07) is 13.1. The highest BCUT2D eigenvalue weighted by Crippen LogP contribution is 2.43. The van der Waals surface area contributed by atoms with E-state index in [-0.39, 0.29) is 41.0 Å². The minimum absolute atomic E-state index is 0.0694. The average Bonchev–Trinajstić information content (AvgIpc) is 3.23.